The zero-order valence-corrected chi connectivity index (χ0v) is 29.0. The molecule has 43 heavy (non-hydrogen) atoms. The van der Waals surface area contributed by atoms with Gasteiger partial charge in [-0.2, -0.15) is 0 Å². The summed E-state index contributed by atoms with van der Waals surface area (Å²) in [4.78, 5) is 92.0. The molecule has 10 N–H and O–H groups in total. The summed E-state index contributed by atoms with van der Waals surface area (Å²) in [5.74, 6) is -11.0. The Hall–Kier alpha value is -1.82. The van der Waals surface area contributed by atoms with Crippen LogP contribution in [0.25, 0.3) is 0 Å². The first-order chi connectivity index (χ1) is 19.0. The maximum Gasteiger partial charge on any atom is 1.00 e. The normalized spacial score (nSPS) is 13.6. The van der Waals surface area contributed by atoms with E-state index in [1.165, 1.54) is 0 Å². The van der Waals surface area contributed by atoms with Crippen LogP contribution in [-0.2, 0) is 48.2 Å². The van der Waals surface area contributed by atoms with Gasteiger partial charge >= 0.3 is 71.1 Å². The van der Waals surface area contributed by atoms with Gasteiger partial charge in [-0.1, -0.05) is 10.8 Å². The Morgan fingerprint density at radius 3 is 1.70 bits per heavy atom. The van der Waals surface area contributed by atoms with Crippen molar-refractivity contribution < 1.29 is 122 Å². The fourth-order valence-electron chi connectivity index (χ4n) is 2.61. The molecular weight excluding hydrogens is 642 g/mol. The van der Waals surface area contributed by atoms with Gasteiger partial charge in [-0.3, -0.25) is 28.8 Å². The first-order valence-electron chi connectivity index (χ1n) is 11.6. The van der Waals surface area contributed by atoms with Gasteiger partial charge in [-0.15, -0.1) is 0 Å². The van der Waals surface area contributed by atoms with E-state index in [4.69, 9.17) is 21.7 Å². The Kier molecular flexibility index (Phi) is 26.0. The van der Waals surface area contributed by atoms with Crippen LogP contribution < -0.4 is 102 Å². The van der Waals surface area contributed by atoms with Gasteiger partial charge in [0.05, 0.1) is 34.1 Å². The fourth-order valence-corrected chi connectivity index (χ4v) is 5.30. The zero-order valence-electron chi connectivity index (χ0n) is 23.3. The summed E-state index contributed by atoms with van der Waals surface area (Å²) in [6.45, 7) is -1.78. The van der Waals surface area contributed by atoms with Crippen LogP contribution in [0.5, 0.6) is 0 Å². The van der Waals surface area contributed by atoms with E-state index in [-0.39, 0.29) is 72.0 Å². The Morgan fingerprint density at radius 2 is 1.23 bits per heavy atom. The molecule has 1 unspecified atom stereocenters. The van der Waals surface area contributed by atoms with Crippen molar-refractivity contribution in [2.45, 2.75) is 49.9 Å². The van der Waals surface area contributed by atoms with E-state index >= 15 is 0 Å². The van der Waals surface area contributed by atoms with Gasteiger partial charge in [0.2, 0.25) is 23.6 Å². The number of nitrogens with one attached hydrogen (secondary N) is 4. The summed E-state index contributed by atoms with van der Waals surface area (Å²) in [6.07, 6.45) is -1.57. The molecule has 0 radical (unpaired) electrons. The SMILES string of the molecule is N[C@@H](CCC(=O)N[C@@H](CSS(=O)C[C@H](NC(=O)CC[C@H](N)C(=O)O)C(=O)NCC(=O)[O-])C(=O)NCC(=O)O)C(=O)[O-].[Na+].[Na+]. The molecule has 0 heterocycles. The summed E-state index contributed by atoms with van der Waals surface area (Å²) in [5, 5.41) is 47.3. The second-order valence-electron chi connectivity index (χ2n) is 8.14. The summed E-state index contributed by atoms with van der Waals surface area (Å²) >= 11 is 0. The molecule has 0 saturated carbocycles. The molecule has 0 spiro atoms. The van der Waals surface area contributed by atoms with Crippen LogP contribution in [0, 0.1) is 0 Å². The largest absolute Gasteiger partial charge is 1.00 e. The maximum absolute atomic E-state index is 12.7. The van der Waals surface area contributed by atoms with Crippen molar-refractivity contribution in [3.05, 3.63) is 0 Å². The molecular formula is C20H30N6Na2O13S2. The van der Waals surface area contributed by atoms with Gasteiger partial charge in [0.25, 0.3) is 0 Å². The van der Waals surface area contributed by atoms with Crippen LogP contribution >= 0.6 is 10.8 Å². The average molecular weight is 673 g/mol. The second kappa shape index (κ2) is 24.5. The number of carboxylic acids is 4. The summed E-state index contributed by atoms with van der Waals surface area (Å²) < 4.78 is 12.7. The number of aliphatic carboxylic acids is 4. The van der Waals surface area contributed by atoms with Gasteiger partial charge < -0.3 is 62.7 Å². The van der Waals surface area contributed by atoms with E-state index in [1.807, 2.05) is 10.6 Å². The van der Waals surface area contributed by atoms with Crippen molar-refractivity contribution in [1.82, 2.24) is 21.3 Å². The molecule has 0 aliphatic carbocycles. The molecule has 0 aromatic carbocycles. The fraction of sp³-hybridized carbons (Fsp3) is 0.600. The topological polar surface area (TPSA) is 340 Å². The molecule has 232 valence electrons. The van der Waals surface area contributed by atoms with E-state index < -0.39 is 119 Å². The average Bonchev–Trinajstić information content (AvgIpc) is 2.88. The predicted molar refractivity (Wildman–Crippen MR) is 135 cm³/mol. The van der Waals surface area contributed by atoms with Gasteiger partial charge in [0.1, 0.15) is 24.7 Å². The van der Waals surface area contributed by atoms with E-state index in [0.29, 0.717) is 10.8 Å². The Balaban J connectivity index is -0.00000800. The minimum Gasteiger partial charge on any atom is -0.548 e. The third-order valence-electron chi connectivity index (χ3n) is 4.78. The maximum atomic E-state index is 12.7. The van der Waals surface area contributed by atoms with Crippen molar-refractivity contribution >= 4 is 68.1 Å². The van der Waals surface area contributed by atoms with E-state index in [2.05, 4.69) is 10.6 Å². The molecule has 23 heteroatoms. The molecule has 0 saturated heterocycles. The number of carbonyl (C=O) groups is 8. The van der Waals surface area contributed by atoms with Crippen LogP contribution in [0.2, 0.25) is 0 Å². The molecule has 4 amide bonds. The molecule has 0 aliphatic heterocycles. The number of amides is 4. The molecule has 5 atom stereocenters. The van der Waals surface area contributed by atoms with Crippen molar-refractivity contribution in [3.63, 3.8) is 0 Å². The van der Waals surface area contributed by atoms with Crippen molar-refractivity contribution in [2.24, 2.45) is 11.5 Å². The number of rotatable bonds is 21. The number of hydrogen-bond acceptors (Lipinski definition) is 14. The number of carbonyl (C=O) groups excluding carboxylic acids is 6. The predicted octanol–water partition coefficient (Wildman–Crippen LogP) is -13.5. The molecule has 0 aromatic heterocycles. The third kappa shape index (κ3) is 22.4. The van der Waals surface area contributed by atoms with Gasteiger partial charge in [-0.05, 0) is 12.8 Å². The second-order valence-corrected chi connectivity index (χ2v) is 11.5. The van der Waals surface area contributed by atoms with Crippen LogP contribution in [0.3, 0.4) is 0 Å². The molecule has 0 aliphatic rings. The van der Waals surface area contributed by atoms with Crippen molar-refractivity contribution in [1.29, 1.82) is 0 Å². The van der Waals surface area contributed by atoms with Crippen LogP contribution in [0.4, 0.5) is 0 Å². The van der Waals surface area contributed by atoms with E-state index in [0.717, 1.165) is 0 Å². The number of hydrogen-bond donors (Lipinski definition) is 8. The Morgan fingerprint density at radius 1 is 0.767 bits per heavy atom. The van der Waals surface area contributed by atoms with Gasteiger partial charge in [-0.25, -0.2) is 4.21 Å². The minimum absolute atomic E-state index is 0. The van der Waals surface area contributed by atoms with Crippen LogP contribution in [0.1, 0.15) is 25.7 Å². The summed E-state index contributed by atoms with van der Waals surface area (Å²) in [5.41, 5.74) is 10.6. The minimum atomic E-state index is -2.10. The standard InChI is InChI=1S/C20H32N6O13S2.2Na/c21-9(19(35)36)1-3-13(27)25-11(17(33)23-5-15(29)30)7-40-41(39)8-12(18(34)24-6-16(31)32)26-14(28)4-2-10(22)20(37)38;;/h9-12H,1-8,21-22H2,(H,23,33)(H,24,34)(H,25,27)(H,26,28)(H,29,30)(H,31,32)(H,35,36)(H,37,38);;/q;2*+1/p-2/t9-,10-,11-,12-,41?;;/m0../s1. The molecule has 0 bridgehead atoms. The van der Waals surface area contributed by atoms with Gasteiger partial charge in [0, 0.05) is 24.6 Å². The third-order valence-corrected chi connectivity index (χ3v) is 7.72. The first-order valence-corrected chi connectivity index (χ1v) is 14.4. The molecule has 0 fully saturated rings. The Labute approximate surface area is 295 Å². The van der Waals surface area contributed by atoms with Crippen molar-refractivity contribution in [3.8, 4) is 0 Å². The summed E-state index contributed by atoms with van der Waals surface area (Å²) in [7, 11) is -1.60. The van der Waals surface area contributed by atoms with Crippen LogP contribution in [-0.4, -0.2) is 111 Å². The van der Waals surface area contributed by atoms with Gasteiger partial charge in [0.15, 0.2) is 0 Å². The smallest absolute Gasteiger partial charge is 0.548 e. The summed E-state index contributed by atoms with van der Waals surface area (Å²) in [6, 6.07) is -5.92. The van der Waals surface area contributed by atoms with Crippen molar-refractivity contribution in [2.75, 3.05) is 24.6 Å². The van der Waals surface area contributed by atoms with E-state index in [1.54, 1.807) is 0 Å². The quantitative estimate of drug-likeness (QED) is 0.0414. The Bertz CT molecular complexity index is 1040. The van der Waals surface area contributed by atoms with Crippen LogP contribution in [0.15, 0.2) is 0 Å². The first kappa shape index (κ1) is 45.6. The monoisotopic (exact) mass is 672 g/mol. The molecule has 19 nitrogen and oxygen atoms in total. The van der Waals surface area contributed by atoms with E-state index in [9.17, 15) is 52.8 Å². The molecule has 0 rings (SSSR count). The zero-order chi connectivity index (χ0) is 31.7. The molecule has 0 aromatic rings. The number of carboxylic acid groups (broad SMARTS) is 4. The number of nitrogens with two attached hydrogens (primary N) is 2.